The first kappa shape index (κ1) is 16.1. The zero-order chi connectivity index (χ0) is 15.1. The summed E-state index contributed by atoms with van der Waals surface area (Å²) >= 11 is 0. The average molecular weight is 281 g/mol. The van der Waals surface area contributed by atoms with E-state index in [2.05, 4.69) is 13.8 Å². The summed E-state index contributed by atoms with van der Waals surface area (Å²) in [4.78, 5) is 12.1. The highest BCUT2D eigenvalue weighted by Gasteiger charge is 2.18. The molecule has 1 rings (SSSR count). The molecule has 0 atom stereocenters. The number of esters is 1. The number of ether oxygens (including phenoxy) is 3. The van der Waals surface area contributed by atoms with Crippen molar-refractivity contribution in [2.75, 3.05) is 26.6 Å². The van der Waals surface area contributed by atoms with Crippen LogP contribution < -0.4 is 15.2 Å². The molecule has 1 aromatic rings. The number of anilines is 1. The largest absolute Gasteiger partial charge is 0.497 e. The van der Waals surface area contributed by atoms with Gasteiger partial charge in [-0.2, -0.15) is 0 Å². The van der Waals surface area contributed by atoms with Gasteiger partial charge in [0.2, 0.25) is 0 Å². The second kappa shape index (κ2) is 7.62. The van der Waals surface area contributed by atoms with Crippen LogP contribution in [-0.2, 0) is 4.74 Å². The van der Waals surface area contributed by atoms with E-state index >= 15 is 0 Å². The van der Waals surface area contributed by atoms with E-state index in [0.29, 0.717) is 24.0 Å². The summed E-state index contributed by atoms with van der Waals surface area (Å²) in [6, 6.07) is 3.19. The van der Waals surface area contributed by atoms with Gasteiger partial charge >= 0.3 is 5.97 Å². The van der Waals surface area contributed by atoms with Crippen molar-refractivity contribution in [3.8, 4) is 11.5 Å². The Labute approximate surface area is 120 Å². The van der Waals surface area contributed by atoms with Crippen molar-refractivity contribution in [2.24, 2.45) is 5.92 Å². The van der Waals surface area contributed by atoms with Gasteiger partial charge in [0.15, 0.2) is 0 Å². The van der Waals surface area contributed by atoms with Crippen molar-refractivity contribution < 1.29 is 19.0 Å². The van der Waals surface area contributed by atoms with Crippen molar-refractivity contribution >= 4 is 11.7 Å². The lowest BCUT2D eigenvalue weighted by atomic mass is 10.1. The smallest absolute Gasteiger partial charge is 0.340 e. The Morgan fingerprint density at radius 3 is 2.35 bits per heavy atom. The zero-order valence-electron chi connectivity index (χ0n) is 12.6. The summed E-state index contributed by atoms with van der Waals surface area (Å²) in [6.07, 6.45) is 1.95. The van der Waals surface area contributed by atoms with E-state index in [1.807, 2.05) is 0 Å². The molecule has 0 unspecified atom stereocenters. The van der Waals surface area contributed by atoms with Gasteiger partial charge < -0.3 is 19.9 Å². The maximum Gasteiger partial charge on any atom is 0.340 e. The highest BCUT2D eigenvalue weighted by atomic mass is 16.5. The summed E-state index contributed by atoms with van der Waals surface area (Å²) < 4.78 is 15.6. The average Bonchev–Trinajstić information content (AvgIpc) is 2.48. The van der Waals surface area contributed by atoms with Gasteiger partial charge in [-0.15, -0.1) is 0 Å². The lowest BCUT2D eigenvalue weighted by molar-refractivity contribution is 0.0433. The highest BCUT2D eigenvalue weighted by molar-refractivity contribution is 5.97. The van der Waals surface area contributed by atoms with E-state index in [9.17, 15) is 4.79 Å². The lowest BCUT2D eigenvalue weighted by Gasteiger charge is -2.15. The minimum atomic E-state index is -0.452. The monoisotopic (exact) mass is 281 g/mol. The van der Waals surface area contributed by atoms with E-state index in [1.165, 1.54) is 14.2 Å². The second-order valence-corrected chi connectivity index (χ2v) is 4.57. The third-order valence-electron chi connectivity index (χ3n) is 3.40. The molecule has 5 heteroatoms. The quantitative estimate of drug-likeness (QED) is 0.614. The predicted octanol–water partition coefficient (Wildman–Crippen LogP) is 2.88. The van der Waals surface area contributed by atoms with Crippen LogP contribution in [0.15, 0.2) is 12.1 Å². The first-order chi connectivity index (χ1) is 9.57. The molecule has 1 aromatic carbocycles. The molecule has 0 aromatic heterocycles. The number of hydrogen-bond donors (Lipinski definition) is 1. The third-order valence-corrected chi connectivity index (χ3v) is 3.40. The summed E-state index contributed by atoms with van der Waals surface area (Å²) in [5, 5.41) is 0. The molecule has 0 aliphatic heterocycles. The molecule has 112 valence electrons. The van der Waals surface area contributed by atoms with Gasteiger partial charge in [0.05, 0.1) is 32.1 Å². The van der Waals surface area contributed by atoms with Crippen LogP contribution in [0.4, 0.5) is 5.69 Å². The normalized spacial score (nSPS) is 10.4. The van der Waals surface area contributed by atoms with Crippen LogP contribution in [0.25, 0.3) is 0 Å². The van der Waals surface area contributed by atoms with E-state index in [-0.39, 0.29) is 11.3 Å². The maximum atomic E-state index is 12.1. The number of nitrogen functional groups attached to an aromatic ring is 1. The molecule has 5 nitrogen and oxygen atoms in total. The number of nitrogens with two attached hydrogens (primary N) is 1. The Balaban J connectivity index is 2.91. The Morgan fingerprint density at radius 1 is 1.20 bits per heavy atom. The predicted molar refractivity (Wildman–Crippen MR) is 78.3 cm³/mol. The fourth-order valence-corrected chi connectivity index (χ4v) is 1.85. The van der Waals surface area contributed by atoms with E-state index in [4.69, 9.17) is 19.9 Å². The number of rotatable bonds is 7. The number of carbonyl (C=O) groups excluding carboxylic acids is 1. The van der Waals surface area contributed by atoms with Crippen molar-refractivity contribution in [1.82, 2.24) is 0 Å². The van der Waals surface area contributed by atoms with Crippen LogP contribution >= 0.6 is 0 Å². The fraction of sp³-hybridized carbons (Fsp3) is 0.533. The summed E-state index contributed by atoms with van der Waals surface area (Å²) in [7, 11) is 3.01. The standard InChI is InChI=1S/C15H23NO4/c1-5-10(6-2)9-20-15(17)12-7-11(18-3)8-13(19-4)14(12)16/h7-8,10H,5-6,9,16H2,1-4H3. The molecule has 20 heavy (non-hydrogen) atoms. The van der Waals surface area contributed by atoms with Crippen LogP contribution in [-0.4, -0.2) is 26.8 Å². The molecule has 0 fully saturated rings. The van der Waals surface area contributed by atoms with Gasteiger partial charge in [0, 0.05) is 6.07 Å². The van der Waals surface area contributed by atoms with Crippen LogP contribution in [0.3, 0.4) is 0 Å². The minimum Gasteiger partial charge on any atom is -0.497 e. The summed E-state index contributed by atoms with van der Waals surface area (Å²) in [5.41, 5.74) is 6.45. The minimum absolute atomic E-state index is 0.267. The molecule has 2 N–H and O–H groups in total. The van der Waals surface area contributed by atoms with Gasteiger partial charge in [-0.3, -0.25) is 0 Å². The first-order valence-corrected chi connectivity index (χ1v) is 6.75. The topological polar surface area (TPSA) is 70.8 Å². The maximum absolute atomic E-state index is 12.1. The molecular weight excluding hydrogens is 258 g/mol. The Morgan fingerprint density at radius 2 is 1.85 bits per heavy atom. The van der Waals surface area contributed by atoms with E-state index < -0.39 is 5.97 Å². The van der Waals surface area contributed by atoms with E-state index in [1.54, 1.807) is 12.1 Å². The van der Waals surface area contributed by atoms with Crippen LogP contribution in [0, 0.1) is 5.92 Å². The molecule has 0 radical (unpaired) electrons. The number of methoxy groups -OCH3 is 2. The summed E-state index contributed by atoms with van der Waals surface area (Å²) in [5.74, 6) is 0.823. The molecule has 0 aliphatic rings. The van der Waals surface area contributed by atoms with Crippen molar-refractivity contribution in [3.63, 3.8) is 0 Å². The molecule has 0 heterocycles. The number of benzene rings is 1. The molecule has 0 aliphatic carbocycles. The second-order valence-electron chi connectivity index (χ2n) is 4.57. The van der Waals surface area contributed by atoms with Gasteiger partial charge in [-0.1, -0.05) is 26.7 Å². The molecule has 0 saturated heterocycles. The number of hydrogen-bond acceptors (Lipinski definition) is 5. The first-order valence-electron chi connectivity index (χ1n) is 6.75. The number of carbonyl (C=O) groups is 1. The van der Waals surface area contributed by atoms with Crippen LogP contribution in [0.5, 0.6) is 11.5 Å². The van der Waals surface area contributed by atoms with Gasteiger partial charge in [-0.25, -0.2) is 4.79 Å². The van der Waals surface area contributed by atoms with Crippen LogP contribution in [0.2, 0.25) is 0 Å². The molecular formula is C15H23NO4. The lowest BCUT2D eigenvalue weighted by Crippen LogP contribution is -2.15. The molecule has 0 amide bonds. The Bertz CT molecular complexity index is 455. The SMILES string of the molecule is CCC(CC)COC(=O)c1cc(OC)cc(OC)c1N. The van der Waals surface area contributed by atoms with Crippen molar-refractivity contribution in [3.05, 3.63) is 17.7 Å². The molecule has 0 spiro atoms. The third kappa shape index (κ3) is 3.79. The zero-order valence-corrected chi connectivity index (χ0v) is 12.6. The van der Waals surface area contributed by atoms with Gasteiger partial charge in [0.25, 0.3) is 0 Å². The Kier molecular flexibility index (Phi) is 6.15. The fourth-order valence-electron chi connectivity index (χ4n) is 1.85. The molecule has 0 saturated carbocycles. The highest BCUT2D eigenvalue weighted by Crippen LogP contribution is 2.31. The van der Waals surface area contributed by atoms with Crippen molar-refractivity contribution in [1.29, 1.82) is 0 Å². The van der Waals surface area contributed by atoms with Crippen molar-refractivity contribution in [2.45, 2.75) is 26.7 Å². The summed E-state index contributed by atoms with van der Waals surface area (Å²) in [6.45, 7) is 4.54. The van der Waals surface area contributed by atoms with Gasteiger partial charge in [-0.05, 0) is 12.0 Å². The van der Waals surface area contributed by atoms with Crippen LogP contribution in [0.1, 0.15) is 37.0 Å². The van der Waals surface area contributed by atoms with E-state index in [0.717, 1.165) is 12.8 Å². The molecule has 0 bridgehead atoms. The Hall–Kier alpha value is -1.91. The van der Waals surface area contributed by atoms with Gasteiger partial charge in [0.1, 0.15) is 11.5 Å².